The normalized spacial score (nSPS) is 11.7. The van der Waals surface area contributed by atoms with Gasteiger partial charge in [-0.15, -0.1) is 0 Å². The summed E-state index contributed by atoms with van der Waals surface area (Å²) in [7, 11) is 0. The van der Waals surface area contributed by atoms with E-state index in [0.29, 0.717) is 32.6 Å². The lowest BCUT2D eigenvalue weighted by molar-refractivity contribution is -0.118. The van der Waals surface area contributed by atoms with Gasteiger partial charge in [0, 0.05) is 15.6 Å². The summed E-state index contributed by atoms with van der Waals surface area (Å²) in [5.41, 5.74) is 2.54. The van der Waals surface area contributed by atoms with Crippen LogP contribution in [0.25, 0.3) is 10.9 Å². The molecule has 0 atom stereocenters. The van der Waals surface area contributed by atoms with E-state index in [1.807, 2.05) is 70.2 Å². The number of amides is 1. The van der Waals surface area contributed by atoms with E-state index in [1.54, 1.807) is 24.4 Å². The number of anilines is 1. The third kappa shape index (κ3) is 6.53. The van der Waals surface area contributed by atoms with Gasteiger partial charge < -0.3 is 10.1 Å². The molecule has 0 saturated carbocycles. The number of nitrogens with one attached hydrogen (secondary N) is 1. The van der Waals surface area contributed by atoms with Gasteiger partial charge in [0.15, 0.2) is 6.61 Å². The average molecular weight is 626 g/mol. The van der Waals surface area contributed by atoms with Crippen molar-refractivity contribution in [3.05, 3.63) is 96.9 Å². The summed E-state index contributed by atoms with van der Waals surface area (Å²) < 4.78 is 8.48. The summed E-state index contributed by atoms with van der Waals surface area (Å²) >= 11 is 6.92. The number of aryl methyl sites for hydroxylation is 1. The quantitative estimate of drug-likeness (QED) is 0.250. The lowest BCUT2D eigenvalue weighted by atomic mass is 9.95. The van der Waals surface area contributed by atoms with Crippen LogP contribution < -0.4 is 15.6 Å². The first-order chi connectivity index (χ1) is 17.5. The molecule has 0 aliphatic heterocycles. The van der Waals surface area contributed by atoms with E-state index in [-0.39, 0.29) is 18.1 Å². The maximum Gasteiger partial charge on any atom is 0.282 e. The molecule has 0 aliphatic rings. The molecule has 0 bridgehead atoms. The van der Waals surface area contributed by atoms with Crippen LogP contribution in [-0.2, 0) is 10.2 Å². The topological polar surface area (TPSA) is 85.6 Å². The van der Waals surface area contributed by atoms with Crippen molar-refractivity contribution in [3.63, 3.8) is 0 Å². The number of ether oxygens (including phenoxy) is 1. The van der Waals surface area contributed by atoms with Crippen LogP contribution in [0.5, 0.6) is 5.75 Å². The third-order valence-corrected chi connectivity index (χ3v) is 6.56. The molecule has 0 fully saturated rings. The number of carbonyl (C=O) groups excluding carboxylic acids is 1. The zero-order valence-corrected chi connectivity index (χ0v) is 24.1. The van der Waals surface area contributed by atoms with Crippen LogP contribution in [0.2, 0.25) is 0 Å². The molecule has 1 aromatic heterocycles. The minimum Gasteiger partial charge on any atom is -0.483 e. The molecule has 1 N–H and O–H groups in total. The highest BCUT2D eigenvalue weighted by atomic mass is 79.9. The summed E-state index contributed by atoms with van der Waals surface area (Å²) in [6, 6.07) is 18.3. The number of fused-ring (bicyclic) bond motifs is 1. The van der Waals surface area contributed by atoms with Crippen LogP contribution in [-0.4, -0.2) is 28.4 Å². The third-order valence-electron chi connectivity index (χ3n) is 5.45. The Morgan fingerprint density at radius 2 is 1.81 bits per heavy atom. The number of hydrogen-bond acceptors (Lipinski definition) is 5. The first-order valence-corrected chi connectivity index (χ1v) is 13.2. The summed E-state index contributed by atoms with van der Waals surface area (Å²) in [6.45, 7) is 7.82. The van der Waals surface area contributed by atoms with Crippen molar-refractivity contribution in [1.29, 1.82) is 0 Å². The van der Waals surface area contributed by atoms with Gasteiger partial charge >= 0.3 is 0 Å². The van der Waals surface area contributed by atoms with Crippen LogP contribution >= 0.6 is 31.9 Å². The van der Waals surface area contributed by atoms with Gasteiger partial charge in [-0.3, -0.25) is 9.59 Å². The summed E-state index contributed by atoms with van der Waals surface area (Å²) in [6.07, 6.45) is 1.60. The number of rotatable bonds is 6. The van der Waals surface area contributed by atoms with Gasteiger partial charge in [-0.1, -0.05) is 54.4 Å². The van der Waals surface area contributed by atoms with Gasteiger partial charge in [0.05, 0.1) is 21.6 Å². The largest absolute Gasteiger partial charge is 0.483 e. The molecule has 0 saturated heterocycles. The molecular formula is C28H26Br2N4O3. The predicted molar refractivity (Wildman–Crippen MR) is 155 cm³/mol. The van der Waals surface area contributed by atoms with Crippen molar-refractivity contribution in [3.8, 4) is 5.75 Å². The zero-order valence-electron chi connectivity index (χ0n) is 20.9. The zero-order chi connectivity index (χ0) is 26.7. The van der Waals surface area contributed by atoms with Gasteiger partial charge in [-0.25, -0.2) is 4.98 Å². The number of nitrogens with zero attached hydrogens (tertiary/aromatic N) is 3. The summed E-state index contributed by atoms with van der Waals surface area (Å²) in [4.78, 5) is 30.3. The van der Waals surface area contributed by atoms with E-state index in [9.17, 15) is 9.59 Å². The molecular weight excluding hydrogens is 600 g/mol. The SMILES string of the molecule is Cc1ccc(NC(=O)COc2ccc(C=Nn3c(C(C)(C)C)nc4ccc(Br)cc4c3=O)cc2Br)cc1. The van der Waals surface area contributed by atoms with Crippen molar-refractivity contribution >= 4 is 60.6 Å². The van der Waals surface area contributed by atoms with E-state index in [0.717, 1.165) is 15.6 Å². The Bertz CT molecular complexity index is 1560. The highest BCUT2D eigenvalue weighted by Crippen LogP contribution is 2.26. The fraction of sp³-hybridized carbons (Fsp3) is 0.214. The van der Waals surface area contributed by atoms with E-state index in [4.69, 9.17) is 9.72 Å². The Morgan fingerprint density at radius 3 is 2.49 bits per heavy atom. The predicted octanol–water partition coefficient (Wildman–Crippen LogP) is 6.43. The standard InChI is InChI=1S/C28H26Br2N4O3/c1-17-5-9-20(10-6-17)32-25(35)16-37-24-12-7-18(13-22(24)30)15-31-34-26(36)21-14-19(29)8-11-23(21)33-27(34)28(2,3)4/h5-15H,16H2,1-4H3,(H,32,35). The molecule has 190 valence electrons. The second-order valence-electron chi connectivity index (χ2n) is 9.60. The monoisotopic (exact) mass is 624 g/mol. The van der Waals surface area contributed by atoms with Crippen molar-refractivity contribution < 1.29 is 9.53 Å². The van der Waals surface area contributed by atoms with E-state index >= 15 is 0 Å². The molecule has 1 amide bonds. The first kappa shape index (κ1) is 26.8. The maximum atomic E-state index is 13.3. The Balaban J connectivity index is 1.53. The number of halogens is 2. The Hall–Kier alpha value is -3.30. The lowest BCUT2D eigenvalue weighted by Gasteiger charge is -2.20. The van der Waals surface area contributed by atoms with Gasteiger partial charge in [0.2, 0.25) is 0 Å². The lowest BCUT2D eigenvalue weighted by Crippen LogP contribution is -2.29. The van der Waals surface area contributed by atoms with Gasteiger partial charge in [-0.05, 0) is 76.9 Å². The summed E-state index contributed by atoms with van der Waals surface area (Å²) in [5.74, 6) is 0.814. The van der Waals surface area contributed by atoms with Crippen molar-refractivity contribution in [2.24, 2.45) is 5.10 Å². The van der Waals surface area contributed by atoms with Crippen LogP contribution in [0.3, 0.4) is 0 Å². The fourth-order valence-electron chi connectivity index (χ4n) is 3.56. The van der Waals surface area contributed by atoms with Gasteiger partial charge in [0.1, 0.15) is 11.6 Å². The minimum absolute atomic E-state index is 0.136. The molecule has 0 radical (unpaired) electrons. The van der Waals surface area contributed by atoms with E-state index in [2.05, 4.69) is 42.3 Å². The molecule has 4 rings (SSSR count). The second-order valence-corrected chi connectivity index (χ2v) is 11.4. The molecule has 0 unspecified atom stereocenters. The molecule has 0 spiro atoms. The van der Waals surface area contributed by atoms with E-state index in [1.165, 1.54) is 4.68 Å². The molecule has 4 aromatic rings. The Morgan fingerprint density at radius 1 is 1.08 bits per heavy atom. The number of carbonyl (C=O) groups is 1. The molecule has 0 aliphatic carbocycles. The van der Waals surface area contributed by atoms with E-state index < -0.39 is 5.41 Å². The molecule has 9 heteroatoms. The van der Waals surface area contributed by atoms with Crippen molar-refractivity contribution in [2.75, 3.05) is 11.9 Å². The van der Waals surface area contributed by atoms with Gasteiger partial charge in [0.25, 0.3) is 11.5 Å². The minimum atomic E-state index is -0.408. The van der Waals surface area contributed by atoms with Crippen LogP contribution in [0.4, 0.5) is 5.69 Å². The highest BCUT2D eigenvalue weighted by molar-refractivity contribution is 9.10. The molecule has 7 nitrogen and oxygen atoms in total. The average Bonchev–Trinajstić information content (AvgIpc) is 2.84. The Kier molecular flexibility index (Phi) is 7.94. The second kappa shape index (κ2) is 11.0. The van der Waals surface area contributed by atoms with Crippen molar-refractivity contribution in [1.82, 2.24) is 9.66 Å². The number of benzene rings is 3. The Labute approximate surface area is 231 Å². The first-order valence-electron chi connectivity index (χ1n) is 11.6. The highest BCUT2D eigenvalue weighted by Gasteiger charge is 2.23. The molecule has 3 aromatic carbocycles. The number of hydrogen-bond donors (Lipinski definition) is 1. The smallest absolute Gasteiger partial charge is 0.282 e. The van der Waals surface area contributed by atoms with Crippen LogP contribution in [0, 0.1) is 6.92 Å². The van der Waals surface area contributed by atoms with Crippen LogP contribution in [0.15, 0.2) is 79.5 Å². The molecule has 1 heterocycles. The van der Waals surface area contributed by atoms with Crippen LogP contribution in [0.1, 0.15) is 37.7 Å². The number of aromatic nitrogens is 2. The van der Waals surface area contributed by atoms with Gasteiger partial charge in [-0.2, -0.15) is 9.78 Å². The molecule has 37 heavy (non-hydrogen) atoms. The summed E-state index contributed by atoms with van der Waals surface area (Å²) in [5, 5.41) is 7.78. The van der Waals surface area contributed by atoms with Crippen molar-refractivity contribution in [2.45, 2.75) is 33.1 Å². The fourth-order valence-corrected chi connectivity index (χ4v) is 4.43. The maximum absolute atomic E-state index is 13.3.